The van der Waals surface area contributed by atoms with Crippen molar-refractivity contribution < 1.29 is 8.42 Å². The Balaban J connectivity index is 2.51. The Bertz CT molecular complexity index is 513. The zero-order chi connectivity index (χ0) is 14.5. The Kier molecular flexibility index (Phi) is 6.45. The zero-order valence-corrected chi connectivity index (χ0v) is 13.9. The van der Waals surface area contributed by atoms with E-state index in [0.717, 1.165) is 35.1 Å². The van der Waals surface area contributed by atoms with Gasteiger partial charge in [-0.2, -0.15) is 5.10 Å². The van der Waals surface area contributed by atoms with Crippen molar-refractivity contribution in [3.8, 4) is 0 Å². The molecule has 0 atom stereocenters. The van der Waals surface area contributed by atoms with Crippen molar-refractivity contribution in [1.29, 1.82) is 0 Å². The molecule has 0 aliphatic rings. The molecule has 1 aromatic heterocycles. The molecule has 6 nitrogen and oxygen atoms in total. The average Bonchev–Trinajstić information content (AvgIpc) is 2.64. The van der Waals surface area contributed by atoms with E-state index in [9.17, 15) is 8.42 Å². The predicted molar refractivity (Wildman–Crippen MR) is 79.5 cm³/mol. The van der Waals surface area contributed by atoms with Gasteiger partial charge in [0.2, 0.25) is 10.0 Å². The van der Waals surface area contributed by atoms with Crippen molar-refractivity contribution in [1.82, 2.24) is 19.8 Å². The van der Waals surface area contributed by atoms with Gasteiger partial charge in [-0.1, -0.05) is 6.92 Å². The van der Waals surface area contributed by atoms with E-state index in [1.807, 2.05) is 11.6 Å². The third kappa shape index (κ3) is 5.21. The Morgan fingerprint density at radius 2 is 2.00 bits per heavy atom. The van der Waals surface area contributed by atoms with Crippen LogP contribution in [0.1, 0.15) is 25.2 Å². The number of nitrogens with zero attached hydrogens (tertiary/aromatic N) is 2. The summed E-state index contributed by atoms with van der Waals surface area (Å²) in [4.78, 5) is 0. The summed E-state index contributed by atoms with van der Waals surface area (Å²) in [6, 6.07) is 0. The van der Waals surface area contributed by atoms with Crippen molar-refractivity contribution in [3.05, 3.63) is 15.9 Å². The lowest BCUT2D eigenvalue weighted by Crippen LogP contribution is -2.31. The van der Waals surface area contributed by atoms with Crippen LogP contribution in [-0.2, 0) is 29.5 Å². The minimum atomic E-state index is -3.11. The predicted octanol–water partition coefficient (Wildman–Crippen LogP) is 0.867. The third-order valence-corrected chi connectivity index (χ3v) is 4.30. The molecule has 8 heteroatoms. The monoisotopic (exact) mass is 352 g/mol. The van der Waals surface area contributed by atoms with Crippen LogP contribution in [-0.4, -0.2) is 37.5 Å². The second-order valence-corrected chi connectivity index (χ2v) is 6.85. The first kappa shape index (κ1) is 16.6. The molecule has 0 spiro atoms. The van der Waals surface area contributed by atoms with Crippen LogP contribution < -0.4 is 10.0 Å². The van der Waals surface area contributed by atoms with Crippen LogP contribution in [0.4, 0.5) is 0 Å². The highest BCUT2D eigenvalue weighted by molar-refractivity contribution is 9.10. The molecular weight excluding hydrogens is 332 g/mol. The summed E-state index contributed by atoms with van der Waals surface area (Å²) < 4.78 is 27.2. The Morgan fingerprint density at radius 1 is 1.32 bits per heavy atom. The van der Waals surface area contributed by atoms with Crippen LogP contribution in [0.15, 0.2) is 4.47 Å². The van der Waals surface area contributed by atoms with Gasteiger partial charge in [-0.15, -0.1) is 0 Å². The van der Waals surface area contributed by atoms with Gasteiger partial charge in [-0.05, 0) is 29.3 Å². The van der Waals surface area contributed by atoms with E-state index in [0.29, 0.717) is 19.6 Å². The SMILES string of the molecule is CCc1nn(CC)c(CNCCNS(C)(=O)=O)c1Br. The van der Waals surface area contributed by atoms with Crippen molar-refractivity contribution in [2.45, 2.75) is 33.4 Å². The summed E-state index contributed by atoms with van der Waals surface area (Å²) >= 11 is 3.57. The molecule has 0 unspecified atom stereocenters. The Hall–Kier alpha value is -0.440. The van der Waals surface area contributed by atoms with E-state index in [-0.39, 0.29) is 0 Å². The van der Waals surface area contributed by atoms with Gasteiger partial charge in [-0.3, -0.25) is 4.68 Å². The fourth-order valence-corrected chi connectivity index (χ4v) is 2.90. The summed E-state index contributed by atoms with van der Waals surface area (Å²) in [6.45, 7) is 6.56. The molecule has 1 rings (SSSR count). The average molecular weight is 353 g/mol. The van der Waals surface area contributed by atoms with Gasteiger partial charge in [0, 0.05) is 26.2 Å². The molecule has 1 heterocycles. The van der Waals surface area contributed by atoms with Gasteiger partial charge in [0.1, 0.15) is 0 Å². The topological polar surface area (TPSA) is 76.0 Å². The molecular formula is C11H21BrN4O2S. The molecule has 0 bridgehead atoms. The molecule has 0 saturated carbocycles. The number of aromatic nitrogens is 2. The summed E-state index contributed by atoms with van der Waals surface area (Å²) in [7, 11) is -3.11. The first-order valence-corrected chi connectivity index (χ1v) is 8.96. The Morgan fingerprint density at radius 3 is 2.53 bits per heavy atom. The normalized spacial score (nSPS) is 12.0. The lowest BCUT2D eigenvalue weighted by atomic mass is 10.3. The molecule has 0 aromatic carbocycles. The molecule has 0 amide bonds. The number of sulfonamides is 1. The molecule has 19 heavy (non-hydrogen) atoms. The minimum absolute atomic E-state index is 0.386. The number of hydrogen-bond acceptors (Lipinski definition) is 4. The van der Waals surface area contributed by atoms with Crippen LogP contribution in [0, 0.1) is 0 Å². The number of nitrogens with one attached hydrogen (secondary N) is 2. The lowest BCUT2D eigenvalue weighted by molar-refractivity contribution is 0.565. The maximum absolute atomic E-state index is 10.9. The minimum Gasteiger partial charge on any atom is -0.310 e. The molecule has 0 fully saturated rings. The van der Waals surface area contributed by atoms with Gasteiger partial charge in [0.25, 0.3) is 0 Å². The van der Waals surface area contributed by atoms with Crippen LogP contribution in [0.3, 0.4) is 0 Å². The first-order chi connectivity index (χ1) is 8.89. The zero-order valence-electron chi connectivity index (χ0n) is 11.5. The van der Waals surface area contributed by atoms with Crippen LogP contribution in [0.5, 0.6) is 0 Å². The maximum Gasteiger partial charge on any atom is 0.208 e. The summed E-state index contributed by atoms with van der Waals surface area (Å²) in [5.41, 5.74) is 2.15. The summed E-state index contributed by atoms with van der Waals surface area (Å²) in [5.74, 6) is 0. The number of aryl methyl sites for hydroxylation is 2. The van der Waals surface area contributed by atoms with Crippen molar-refractivity contribution in [3.63, 3.8) is 0 Å². The Labute approximate surface area is 123 Å². The van der Waals surface area contributed by atoms with Gasteiger partial charge in [0.05, 0.1) is 22.1 Å². The molecule has 110 valence electrons. The number of rotatable bonds is 8. The molecule has 0 aliphatic heterocycles. The first-order valence-electron chi connectivity index (χ1n) is 6.28. The largest absolute Gasteiger partial charge is 0.310 e. The van der Waals surface area contributed by atoms with Crippen LogP contribution in [0.25, 0.3) is 0 Å². The second kappa shape index (κ2) is 7.37. The van der Waals surface area contributed by atoms with Gasteiger partial charge >= 0.3 is 0 Å². The van der Waals surface area contributed by atoms with Crippen LogP contribution >= 0.6 is 15.9 Å². The van der Waals surface area contributed by atoms with E-state index in [1.54, 1.807) is 0 Å². The number of hydrogen-bond donors (Lipinski definition) is 2. The second-order valence-electron chi connectivity index (χ2n) is 4.22. The standard InChI is InChI=1S/C11H21BrN4O2S/c1-4-9-11(12)10(16(5-2)15-9)8-13-6-7-14-19(3,17)18/h13-14H,4-8H2,1-3H3. The lowest BCUT2D eigenvalue weighted by Gasteiger charge is -2.07. The summed E-state index contributed by atoms with van der Waals surface area (Å²) in [5, 5.41) is 7.71. The van der Waals surface area contributed by atoms with Crippen LogP contribution in [0.2, 0.25) is 0 Å². The van der Waals surface area contributed by atoms with Gasteiger partial charge in [-0.25, -0.2) is 13.1 Å². The van der Waals surface area contributed by atoms with Gasteiger partial charge < -0.3 is 5.32 Å². The van der Waals surface area contributed by atoms with E-state index >= 15 is 0 Å². The van der Waals surface area contributed by atoms with E-state index in [1.165, 1.54) is 0 Å². The molecule has 2 N–H and O–H groups in total. The highest BCUT2D eigenvalue weighted by Crippen LogP contribution is 2.21. The third-order valence-electron chi connectivity index (χ3n) is 2.65. The van der Waals surface area contributed by atoms with E-state index < -0.39 is 10.0 Å². The highest BCUT2D eigenvalue weighted by atomic mass is 79.9. The molecule has 1 aromatic rings. The summed E-state index contributed by atoms with van der Waals surface area (Å²) in [6.07, 6.45) is 2.04. The molecule has 0 aliphatic carbocycles. The fourth-order valence-electron chi connectivity index (χ4n) is 1.72. The molecule has 0 saturated heterocycles. The number of halogens is 1. The quantitative estimate of drug-likeness (QED) is 0.680. The van der Waals surface area contributed by atoms with E-state index in [4.69, 9.17) is 0 Å². The smallest absolute Gasteiger partial charge is 0.208 e. The van der Waals surface area contributed by atoms with E-state index in [2.05, 4.69) is 38.0 Å². The van der Waals surface area contributed by atoms with Crippen molar-refractivity contribution >= 4 is 26.0 Å². The van der Waals surface area contributed by atoms with Crippen molar-refractivity contribution in [2.24, 2.45) is 0 Å². The molecule has 0 radical (unpaired) electrons. The highest BCUT2D eigenvalue weighted by Gasteiger charge is 2.13. The van der Waals surface area contributed by atoms with Gasteiger partial charge in [0.15, 0.2) is 0 Å². The van der Waals surface area contributed by atoms with Crippen molar-refractivity contribution in [2.75, 3.05) is 19.3 Å². The fraction of sp³-hybridized carbons (Fsp3) is 0.727. The maximum atomic E-state index is 10.9.